The summed E-state index contributed by atoms with van der Waals surface area (Å²) < 4.78 is 5.69. The maximum Gasteiger partial charge on any atom is 0.0621 e. The zero-order valence-electron chi connectivity index (χ0n) is 10.1. The van der Waals surface area contributed by atoms with E-state index in [9.17, 15) is 0 Å². The Balaban J connectivity index is 1.78. The monoisotopic (exact) mass is 212 g/mol. The summed E-state index contributed by atoms with van der Waals surface area (Å²) in [7, 11) is 2.23. The van der Waals surface area contributed by atoms with Crippen LogP contribution in [0.15, 0.2) is 0 Å². The highest BCUT2D eigenvalue weighted by atomic mass is 16.5. The number of ether oxygens (including phenoxy) is 1. The average Bonchev–Trinajstić information content (AvgIpc) is 2.61. The Morgan fingerprint density at radius 3 is 2.93 bits per heavy atom. The van der Waals surface area contributed by atoms with Gasteiger partial charge in [-0.2, -0.15) is 0 Å². The Morgan fingerprint density at radius 2 is 2.13 bits per heavy atom. The first-order valence-electron chi connectivity index (χ1n) is 6.33. The molecule has 2 atom stereocenters. The molecule has 0 saturated carbocycles. The molecule has 0 aliphatic carbocycles. The lowest BCUT2D eigenvalue weighted by Crippen LogP contribution is -2.52. The van der Waals surface area contributed by atoms with E-state index in [1.54, 1.807) is 0 Å². The van der Waals surface area contributed by atoms with Crippen LogP contribution in [-0.4, -0.2) is 61.8 Å². The molecule has 2 heterocycles. The highest BCUT2D eigenvalue weighted by molar-refractivity contribution is 4.92. The molecule has 2 rings (SSSR count). The lowest BCUT2D eigenvalue weighted by molar-refractivity contribution is 0.0371. The molecule has 2 unspecified atom stereocenters. The Bertz CT molecular complexity index is 198. The molecule has 2 aliphatic rings. The predicted molar refractivity (Wildman–Crippen MR) is 62.1 cm³/mol. The van der Waals surface area contributed by atoms with E-state index in [4.69, 9.17) is 4.74 Å². The van der Waals surface area contributed by atoms with Gasteiger partial charge in [0.25, 0.3) is 0 Å². The van der Waals surface area contributed by atoms with Crippen molar-refractivity contribution in [1.29, 1.82) is 0 Å². The SMILES string of the molecule is CCCOCC1CCC2CN(C)CCN12. The summed E-state index contributed by atoms with van der Waals surface area (Å²) in [6, 6.07) is 1.51. The van der Waals surface area contributed by atoms with Crippen LogP contribution in [0.5, 0.6) is 0 Å². The Labute approximate surface area is 93.4 Å². The van der Waals surface area contributed by atoms with Gasteiger partial charge in [-0.25, -0.2) is 0 Å². The molecule has 0 bridgehead atoms. The molecule has 3 heteroatoms. The van der Waals surface area contributed by atoms with Crippen molar-refractivity contribution < 1.29 is 4.74 Å². The van der Waals surface area contributed by atoms with Gasteiger partial charge in [-0.3, -0.25) is 4.90 Å². The van der Waals surface area contributed by atoms with Crippen molar-refractivity contribution in [1.82, 2.24) is 9.80 Å². The third kappa shape index (κ3) is 2.71. The second-order valence-electron chi connectivity index (χ2n) is 4.96. The third-order valence-corrected chi connectivity index (χ3v) is 3.69. The maximum absolute atomic E-state index is 5.69. The van der Waals surface area contributed by atoms with Gasteiger partial charge < -0.3 is 9.64 Å². The molecule has 0 aromatic heterocycles. The van der Waals surface area contributed by atoms with E-state index in [-0.39, 0.29) is 0 Å². The summed E-state index contributed by atoms with van der Waals surface area (Å²) in [5, 5.41) is 0. The summed E-state index contributed by atoms with van der Waals surface area (Å²) in [4.78, 5) is 5.13. The molecule has 2 fully saturated rings. The van der Waals surface area contributed by atoms with Crippen LogP contribution >= 0.6 is 0 Å². The van der Waals surface area contributed by atoms with Crippen molar-refractivity contribution in [2.24, 2.45) is 0 Å². The summed E-state index contributed by atoms with van der Waals surface area (Å²) in [6.07, 6.45) is 3.84. The maximum atomic E-state index is 5.69. The molecule has 15 heavy (non-hydrogen) atoms. The fourth-order valence-corrected chi connectivity index (χ4v) is 2.86. The molecule has 0 amide bonds. The van der Waals surface area contributed by atoms with E-state index in [2.05, 4.69) is 23.8 Å². The van der Waals surface area contributed by atoms with Crippen LogP contribution in [0.1, 0.15) is 26.2 Å². The van der Waals surface area contributed by atoms with Crippen molar-refractivity contribution in [3.63, 3.8) is 0 Å². The Kier molecular flexibility index (Phi) is 4.00. The van der Waals surface area contributed by atoms with Crippen LogP contribution in [0.25, 0.3) is 0 Å². The molecular formula is C12H24N2O. The quantitative estimate of drug-likeness (QED) is 0.651. The van der Waals surface area contributed by atoms with E-state index >= 15 is 0 Å². The topological polar surface area (TPSA) is 15.7 Å². The molecule has 2 aliphatic heterocycles. The highest BCUT2D eigenvalue weighted by Crippen LogP contribution is 2.27. The van der Waals surface area contributed by atoms with Gasteiger partial charge in [0.05, 0.1) is 6.61 Å². The van der Waals surface area contributed by atoms with E-state index in [0.29, 0.717) is 6.04 Å². The normalized spacial score (nSPS) is 33.2. The van der Waals surface area contributed by atoms with Crippen molar-refractivity contribution in [3.05, 3.63) is 0 Å². The number of hydrogen-bond donors (Lipinski definition) is 0. The first-order valence-corrected chi connectivity index (χ1v) is 6.33. The number of rotatable bonds is 4. The summed E-state index contributed by atoms with van der Waals surface area (Å²) in [5.41, 5.74) is 0. The second-order valence-corrected chi connectivity index (χ2v) is 4.96. The number of fused-ring (bicyclic) bond motifs is 1. The van der Waals surface area contributed by atoms with Gasteiger partial charge in [0.1, 0.15) is 0 Å². The minimum absolute atomic E-state index is 0.704. The van der Waals surface area contributed by atoms with Crippen LogP contribution in [0, 0.1) is 0 Å². The molecular weight excluding hydrogens is 188 g/mol. The highest BCUT2D eigenvalue weighted by Gasteiger charge is 2.36. The minimum atomic E-state index is 0.704. The van der Waals surface area contributed by atoms with Crippen LogP contribution < -0.4 is 0 Å². The summed E-state index contributed by atoms with van der Waals surface area (Å²) in [5.74, 6) is 0. The smallest absolute Gasteiger partial charge is 0.0621 e. The zero-order chi connectivity index (χ0) is 10.7. The van der Waals surface area contributed by atoms with Crippen LogP contribution in [0.3, 0.4) is 0 Å². The van der Waals surface area contributed by atoms with Gasteiger partial charge in [-0.1, -0.05) is 6.92 Å². The van der Waals surface area contributed by atoms with Crippen molar-refractivity contribution in [2.75, 3.05) is 39.9 Å². The minimum Gasteiger partial charge on any atom is -0.380 e. The fraction of sp³-hybridized carbons (Fsp3) is 1.00. The van der Waals surface area contributed by atoms with Crippen molar-refractivity contribution >= 4 is 0 Å². The lowest BCUT2D eigenvalue weighted by atomic mass is 10.2. The van der Waals surface area contributed by atoms with Crippen LogP contribution in [-0.2, 0) is 4.74 Å². The van der Waals surface area contributed by atoms with Gasteiger partial charge in [-0.05, 0) is 26.3 Å². The van der Waals surface area contributed by atoms with Crippen LogP contribution in [0.2, 0.25) is 0 Å². The largest absolute Gasteiger partial charge is 0.380 e. The van der Waals surface area contributed by atoms with Gasteiger partial charge in [0, 0.05) is 38.3 Å². The zero-order valence-corrected chi connectivity index (χ0v) is 10.1. The Morgan fingerprint density at radius 1 is 1.27 bits per heavy atom. The molecule has 0 aromatic carbocycles. The molecule has 2 saturated heterocycles. The molecule has 0 spiro atoms. The summed E-state index contributed by atoms with van der Waals surface area (Å²) >= 11 is 0. The molecule has 3 nitrogen and oxygen atoms in total. The average molecular weight is 212 g/mol. The van der Waals surface area contributed by atoms with Gasteiger partial charge in [-0.15, -0.1) is 0 Å². The Hall–Kier alpha value is -0.120. The third-order valence-electron chi connectivity index (χ3n) is 3.69. The van der Waals surface area contributed by atoms with E-state index < -0.39 is 0 Å². The molecule has 0 aromatic rings. The first kappa shape index (κ1) is 11.4. The van der Waals surface area contributed by atoms with E-state index in [1.807, 2.05) is 0 Å². The van der Waals surface area contributed by atoms with Crippen LogP contribution in [0.4, 0.5) is 0 Å². The second kappa shape index (κ2) is 5.28. The predicted octanol–water partition coefficient (Wildman–Crippen LogP) is 1.19. The standard InChI is InChI=1S/C12H24N2O/c1-3-8-15-10-12-5-4-11-9-13(2)6-7-14(11)12/h11-12H,3-10H2,1-2H3. The number of piperazine rings is 1. The molecule has 88 valence electrons. The number of likely N-dealkylation sites (N-methyl/N-ethyl adjacent to an activating group) is 1. The first-order chi connectivity index (χ1) is 7.31. The molecule has 0 N–H and O–H groups in total. The fourth-order valence-electron chi connectivity index (χ4n) is 2.86. The van der Waals surface area contributed by atoms with Crippen molar-refractivity contribution in [2.45, 2.75) is 38.3 Å². The van der Waals surface area contributed by atoms with Gasteiger partial charge in [0.2, 0.25) is 0 Å². The van der Waals surface area contributed by atoms with Crippen molar-refractivity contribution in [3.8, 4) is 0 Å². The van der Waals surface area contributed by atoms with E-state index in [0.717, 1.165) is 25.7 Å². The van der Waals surface area contributed by atoms with Gasteiger partial charge >= 0.3 is 0 Å². The molecule has 0 radical (unpaired) electrons. The number of hydrogen-bond acceptors (Lipinski definition) is 3. The lowest BCUT2D eigenvalue weighted by Gasteiger charge is -2.38. The summed E-state index contributed by atoms with van der Waals surface area (Å²) in [6.45, 7) is 7.77. The number of nitrogens with zero attached hydrogens (tertiary/aromatic N) is 2. The van der Waals surface area contributed by atoms with Gasteiger partial charge in [0.15, 0.2) is 0 Å². The van der Waals surface area contributed by atoms with E-state index in [1.165, 1.54) is 32.5 Å².